The van der Waals surface area contributed by atoms with E-state index in [1.165, 1.54) is 47.5 Å². The van der Waals surface area contributed by atoms with E-state index in [-0.39, 0.29) is 11.7 Å². The lowest BCUT2D eigenvalue weighted by Crippen LogP contribution is -2.22. The van der Waals surface area contributed by atoms with Gasteiger partial charge in [0.25, 0.3) is 5.91 Å². The normalized spacial score (nSPS) is 12.9. The summed E-state index contributed by atoms with van der Waals surface area (Å²) >= 11 is 0. The summed E-state index contributed by atoms with van der Waals surface area (Å²) < 4.78 is 15.7. The van der Waals surface area contributed by atoms with E-state index < -0.39 is 0 Å². The standard InChI is InChI=1S/C28H25FN2O/c29-24-11-6-7-20(17-24)19-30-28(32)22-13-15-25(16-14-22)31-26-12-5-4-10-23(26)18-27(31)21-8-2-1-3-9-21/h1-3,6-9,11,13-18H,4-5,10,12,19H2,(H,30,32). The topological polar surface area (TPSA) is 34.0 Å². The highest BCUT2D eigenvalue weighted by Crippen LogP contribution is 2.33. The molecule has 3 aromatic carbocycles. The third-order valence-electron chi connectivity index (χ3n) is 6.10. The molecule has 0 bridgehead atoms. The molecule has 1 amide bonds. The number of amides is 1. The van der Waals surface area contributed by atoms with Crippen molar-refractivity contribution in [3.8, 4) is 16.9 Å². The minimum Gasteiger partial charge on any atom is -0.348 e. The van der Waals surface area contributed by atoms with Gasteiger partial charge in [0.2, 0.25) is 0 Å². The van der Waals surface area contributed by atoms with E-state index in [1.807, 2.05) is 30.3 Å². The van der Waals surface area contributed by atoms with Gasteiger partial charge in [-0.2, -0.15) is 0 Å². The van der Waals surface area contributed by atoms with Gasteiger partial charge >= 0.3 is 0 Å². The Morgan fingerprint density at radius 2 is 1.66 bits per heavy atom. The Morgan fingerprint density at radius 3 is 2.44 bits per heavy atom. The van der Waals surface area contributed by atoms with Gasteiger partial charge < -0.3 is 9.88 Å². The maximum absolute atomic E-state index is 13.4. The Hall–Kier alpha value is -3.66. The number of benzene rings is 3. The van der Waals surface area contributed by atoms with Crippen LogP contribution in [0.1, 0.15) is 40.0 Å². The number of hydrogen-bond donors (Lipinski definition) is 1. The van der Waals surface area contributed by atoms with E-state index in [0.29, 0.717) is 12.1 Å². The molecule has 3 nitrogen and oxygen atoms in total. The van der Waals surface area contributed by atoms with Crippen LogP contribution in [-0.4, -0.2) is 10.5 Å². The summed E-state index contributed by atoms with van der Waals surface area (Å²) in [6.07, 6.45) is 4.61. The molecule has 4 heteroatoms. The highest BCUT2D eigenvalue weighted by atomic mass is 19.1. The van der Waals surface area contributed by atoms with Crippen molar-refractivity contribution >= 4 is 5.91 Å². The molecule has 0 aliphatic heterocycles. The lowest BCUT2D eigenvalue weighted by molar-refractivity contribution is 0.0951. The Labute approximate surface area is 187 Å². The number of carbonyl (C=O) groups is 1. The monoisotopic (exact) mass is 424 g/mol. The Bertz CT molecular complexity index is 1240. The molecule has 0 fully saturated rings. The minimum absolute atomic E-state index is 0.168. The molecule has 4 aromatic rings. The molecule has 1 aromatic heterocycles. The summed E-state index contributed by atoms with van der Waals surface area (Å²) in [5.74, 6) is -0.469. The number of rotatable bonds is 5. The second kappa shape index (κ2) is 8.83. The van der Waals surface area contributed by atoms with Crippen LogP contribution in [0.5, 0.6) is 0 Å². The lowest BCUT2D eigenvalue weighted by Gasteiger charge is -2.18. The summed E-state index contributed by atoms with van der Waals surface area (Å²) in [4.78, 5) is 12.6. The number of nitrogens with one attached hydrogen (secondary N) is 1. The zero-order valence-electron chi connectivity index (χ0n) is 17.9. The predicted octanol–water partition coefficient (Wildman–Crippen LogP) is 6.09. The largest absolute Gasteiger partial charge is 0.348 e. The summed E-state index contributed by atoms with van der Waals surface area (Å²) in [7, 11) is 0. The van der Waals surface area contributed by atoms with Gasteiger partial charge in [0, 0.05) is 23.5 Å². The second-order valence-corrected chi connectivity index (χ2v) is 8.27. The molecule has 160 valence electrons. The molecule has 0 radical (unpaired) electrons. The van der Waals surface area contributed by atoms with Crippen LogP contribution in [0, 0.1) is 5.82 Å². The zero-order valence-corrected chi connectivity index (χ0v) is 17.9. The molecule has 5 rings (SSSR count). The first-order valence-electron chi connectivity index (χ1n) is 11.1. The maximum Gasteiger partial charge on any atom is 0.251 e. The van der Waals surface area contributed by atoms with E-state index >= 15 is 0 Å². The van der Waals surface area contributed by atoms with E-state index in [9.17, 15) is 9.18 Å². The van der Waals surface area contributed by atoms with Crippen LogP contribution in [0.15, 0.2) is 84.9 Å². The van der Waals surface area contributed by atoms with Crippen molar-refractivity contribution in [2.45, 2.75) is 32.2 Å². The summed E-state index contributed by atoms with van der Waals surface area (Å²) in [5, 5.41) is 2.87. The first-order chi connectivity index (χ1) is 15.7. The average molecular weight is 425 g/mol. The third kappa shape index (κ3) is 4.09. The van der Waals surface area contributed by atoms with Crippen LogP contribution >= 0.6 is 0 Å². The molecule has 0 atom stereocenters. The average Bonchev–Trinajstić information content (AvgIpc) is 3.23. The summed E-state index contributed by atoms with van der Waals surface area (Å²) in [5.41, 5.74) is 7.58. The second-order valence-electron chi connectivity index (χ2n) is 8.27. The van der Waals surface area contributed by atoms with Gasteiger partial charge in [-0.25, -0.2) is 4.39 Å². The molecule has 1 heterocycles. The van der Waals surface area contributed by atoms with Crippen molar-refractivity contribution in [2.24, 2.45) is 0 Å². The van der Waals surface area contributed by atoms with Crippen LogP contribution in [0.3, 0.4) is 0 Å². The van der Waals surface area contributed by atoms with Crippen molar-refractivity contribution in [3.05, 3.63) is 113 Å². The van der Waals surface area contributed by atoms with E-state index in [2.05, 4.69) is 40.2 Å². The first-order valence-corrected chi connectivity index (χ1v) is 11.1. The first kappa shape index (κ1) is 20.3. The van der Waals surface area contributed by atoms with Gasteiger partial charge in [-0.15, -0.1) is 0 Å². The molecular weight excluding hydrogens is 399 g/mol. The van der Waals surface area contributed by atoms with Crippen molar-refractivity contribution in [3.63, 3.8) is 0 Å². The van der Waals surface area contributed by atoms with Crippen LogP contribution < -0.4 is 5.32 Å². The molecule has 0 saturated carbocycles. The minimum atomic E-state index is -0.301. The summed E-state index contributed by atoms with van der Waals surface area (Å²) in [6, 6.07) is 26.8. The van der Waals surface area contributed by atoms with Gasteiger partial charge in [-0.05, 0) is 84.8 Å². The van der Waals surface area contributed by atoms with Gasteiger partial charge in [0.1, 0.15) is 5.82 Å². The molecule has 0 unspecified atom stereocenters. The fourth-order valence-electron chi connectivity index (χ4n) is 4.51. The zero-order chi connectivity index (χ0) is 21.9. The Kier molecular flexibility index (Phi) is 5.59. The fraction of sp³-hybridized carbons (Fsp3) is 0.179. The predicted molar refractivity (Wildman–Crippen MR) is 125 cm³/mol. The smallest absolute Gasteiger partial charge is 0.251 e. The fourth-order valence-corrected chi connectivity index (χ4v) is 4.51. The number of halogens is 1. The maximum atomic E-state index is 13.4. The van der Waals surface area contributed by atoms with Gasteiger partial charge in [0.05, 0.1) is 5.69 Å². The molecular formula is C28H25FN2O. The van der Waals surface area contributed by atoms with Crippen molar-refractivity contribution < 1.29 is 9.18 Å². The number of fused-ring (bicyclic) bond motifs is 1. The third-order valence-corrected chi connectivity index (χ3v) is 6.10. The molecule has 0 saturated heterocycles. The van der Waals surface area contributed by atoms with E-state index in [1.54, 1.807) is 12.1 Å². The highest BCUT2D eigenvalue weighted by molar-refractivity contribution is 5.94. The van der Waals surface area contributed by atoms with Crippen LogP contribution in [-0.2, 0) is 19.4 Å². The Balaban J connectivity index is 1.41. The SMILES string of the molecule is O=C(NCc1cccc(F)c1)c1ccc(-n2c(-c3ccccc3)cc3c2CCCC3)cc1. The number of hydrogen-bond acceptors (Lipinski definition) is 1. The number of carbonyl (C=O) groups excluding carboxylic acids is 1. The van der Waals surface area contributed by atoms with Crippen molar-refractivity contribution in [1.29, 1.82) is 0 Å². The van der Waals surface area contributed by atoms with Crippen LogP contribution in [0.25, 0.3) is 16.9 Å². The highest BCUT2D eigenvalue weighted by Gasteiger charge is 2.20. The van der Waals surface area contributed by atoms with Crippen molar-refractivity contribution in [1.82, 2.24) is 9.88 Å². The molecule has 1 N–H and O–H groups in total. The quantitative estimate of drug-likeness (QED) is 0.413. The Morgan fingerprint density at radius 1 is 0.875 bits per heavy atom. The van der Waals surface area contributed by atoms with Crippen molar-refractivity contribution in [2.75, 3.05) is 0 Å². The molecule has 0 spiro atoms. The molecule has 32 heavy (non-hydrogen) atoms. The number of aromatic nitrogens is 1. The summed E-state index contributed by atoms with van der Waals surface area (Å²) in [6.45, 7) is 0.293. The van der Waals surface area contributed by atoms with Gasteiger partial charge in [-0.3, -0.25) is 4.79 Å². The van der Waals surface area contributed by atoms with Gasteiger partial charge in [0.15, 0.2) is 0 Å². The van der Waals surface area contributed by atoms with Crippen LogP contribution in [0.2, 0.25) is 0 Å². The molecule has 1 aliphatic rings. The number of aryl methyl sites for hydroxylation is 1. The molecule has 1 aliphatic carbocycles. The van der Waals surface area contributed by atoms with E-state index in [4.69, 9.17) is 0 Å². The number of nitrogens with zero attached hydrogens (tertiary/aromatic N) is 1. The van der Waals surface area contributed by atoms with E-state index in [0.717, 1.165) is 24.1 Å². The lowest BCUT2D eigenvalue weighted by atomic mass is 9.98. The van der Waals surface area contributed by atoms with Crippen LogP contribution in [0.4, 0.5) is 4.39 Å². The van der Waals surface area contributed by atoms with Gasteiger partial charge in [-0.1, -0.05) is 42.5 Å².